The van der Waals surface area contributed by atoms with Crippen LogP contribution in [0.25, 0.3) is 0 Å². The monoisotopic (exact) mass is 473 g/mol. The summed E-state index contributed by atoms with van der Waals surface area (Å²) in [5.74, 6) is 0.699. The summed E-state index contributed by atoms with van der Waals surface area (Å²) in [6.07, 6.45) is 3.32. The Morgan fingerprint density at radius 2 is 1.89 bits per heavy atom. The lowest BCUT2D eigenvalue weighted by atomic mass is 9.93. The molecule has 1 atom stereocenters. The molecule has 2 aliphatic rings. The van der Waals surface area contributed by atoms with Gasteiger partial charge in [0.2, 0.25) is 11.8 Å². The first-order valence-electron chi connectivity index (χ1n) is 12.1. The normalized spacial score (nSPS) is 18.1. The molecule has 0 spiro atoms. The standard InChI is InChI=1S/C28H28FN3O3/c29-23-9-2-10-24(17-23)35-26-12-3-11-25(30-26)22-8-4-15-32(19-22)28(34)21-7-1-6-20(16-21)18-31-14-5-13-27(31)33/h1-3,6-7,9-12,16-17,22H,4-5,8,13-15,18-19H2/t22-/m1/s1. The van der Waals surface area contributed by atoms with Gasteiger partial charge in [0.1, 0.15) is 11.6 Å². The van der Waals surface area contributed by atoms with Crippen molar-refractivity contribution in [2.45, 2.75) is 38.1 Å². The molecule has 3 aromatic rings. The Labute approximate surface area is 204 Å². The van der Waals surface area contributed by atoms with Crippen LogP contribution in [-0.2, 0) is 11.3 Å². The summed E-state index contributed by atoms with van der Waals surface area (Å²) in [5.41, 5.74) is 2.48. The molecule has 35 heavy (non-hydrogen) atoms. The van der Waals surface area contributed by atoms with Gasteiger partial charge in [-0.3, -0.25) is 9.59 Å². The lowest BCUT2D eigenvalue weighted by molar-refractivity contribution is -0.128. The average Bonchev–Trinajstić information content (AvgIpc) is 3.28. The van der Waals surface area contributed by atoms with E-state index in [0.717, 1.165) is 37.1 Å². The highest BCUT2D eigenvalue weighted by atomic mass is 19.1. The Kier molecular flexibility index (Phi) is 6.75. The number of hydrogen-bond donors (Lipinski definition) is 0. The fourth-order valence-corrected chi connectivity index (χ4v) is 4.85. The maximum absolute atomic E-state index is 13.5. The predicted octanol–water partition coefficient (Wildman–Crippen LogP) is 5.16. The third-order valence-electron chi connectivity index (χ3n) is 6.61. The first-order chi connectivity index (χ1) is 17.0. The zero-order chi connectivity index (χ0) is 24.2. The second-order valence-corrected chi connectivity index (χ2v) is 9.17. The van der Waals surface area contributed by atoms with Crippen LogP contribution in [0.4, 0.5) is 4.39 Å². The number of amides is 2. The molecule has 0 N–H and O–H groups in total. The van der Waals surface area contributed by atoms with Crippen molar-refractivity contribution in [1.29, 1.82) is 0 Å². The molecule has 1 aromatic heterocycles. The number of benzene rings is 2. The predicted molar refractivity (Wildman–Crippen MR) is 130 cm³/mol. The van der Waals surface area contributed by atoms with Crippen LogP contribution in [0.1, 0.15) is 53.2 Å². The first kappa shape index (κ1) is 23.0. The van der Waals surface area contributed by atoms with E-state index < -0.39 is 0 Å². The van der Waals surface area contributed by atoms with Gasteiger partial charge in [-0.15, -0.1) is 0 Å². The molecule has 0 aliphatic carbocycles. The van der Waals surface area contributed by atoms with Crippen LogP contribution in [0.2, 0.25) is 0 Å². The van der Waals surface area contributed by atoms with E-state index in [1.165, 1.54) is 12.1 Å². The highest BCUT2D eigenvalue weighted by Gasteiger charge is 2.27. The highest BCUT2D eigenvalue weighted by molar-refractivity contribution is 5.94. The lowest BCUT2D eigenvalue weighted by Crippen LogP contribution is -2.39. The number of pyridine rings is 1. The Morgan fingerprint density at radius 3 is 2.71 bits per heavy atom. The molecule has 0 unspecified atom stereocenters. The van der Waals surface area contributed by atoms with Gasteiger partial charge >= 0.3 is 0 Å². The molecule has 0 saturated carbocycles. The van der Waals surface area contributed by atoms with E-state index in [2.05, 4.69) is 4.98 Å². The Bertz CT molecular complexity index is 1230. The molecule has 2 aliphatic heterocycles. The smallest absolute Gasteiger partial charge is 0.253 e. The fourth-order valence-electron chi connectivity index (χ4n) is 4.85. The largest absolute Gasteiger partial charge is 0.439 e. The van der Waals surface area contributed by atoms with Crippen LogP contribution in [0.3, 0.4) is 0 Å². The topological polar surface area (TPSA) is 62.7 Å². The molecular formula is C28H28FN3O3. The minimum absolute atomic E-state index is 0.00327. The molecule has 3 heterocycles. The van der Waals surface area contributed by atoms with Crippen LogP contribution in [0.15, 0.2) is 66.7 Å². The van der Waals surface area contributed by atoms with Crippen LogP contribution in [0.5, 0.6) is 11.6 Å². The molecule has 7 heteroatoms. The average molecular weight is 474 g/mol. The minimum atomic E-state index is -0.365. The van der Waals surface area contributed by atoms with E-state index >= 15 is 0 Å². The molecule has 2 fully saturated rings. The molecule has 2 amide bonds. The number of ether oxygens (including phenoxy) is 1. The number of carbonyl (C=O) groups is 2. The van der Waals surface area contributed by atoms with Crippen LogP contribution in [-0.4, -0.2) is 46.2 Å². The quantitative estimate of drug-likeness (QED) is 0.496. The first-order valence-corrected chi connectivity index (χ1v) is 12.1. The van der Waals surface area contributed by atoms with E-state index in [4.69, 9.17) is 4.74 Å². The van der Waals surface area contributed by atoms with Gasteiger partial charge in [0, 0.05) is 61.9 Å². The number of nitrogens with zero attached hydrogens (tertiary/aromatic N) is 3. The molecule has 0 bridgehead atoms. The molecule has 0 radical (unpaired) electrons. The summed E-state index contributed by atoms with van der Waals surface area (Å²) >= 11 is 0. The number of likely N-dealkylation sites (tertiary alicyclic amines) is 2. The molecule has 6 nitrogen and oxygen atoms in total. The zero-order valence-corrected chi connectivity index (χ0v) is 19.5. The van der Waals surface area contributed by atoms with E-state index in [9.17, 15) is 14.0 Å². The number of hydrogen-bond acceptors (Lipinski definition) is 4. The molecule has 180 valence electrons. The van der Waals surface area contributed by atoms with Crippen LogP contribution in [0, 0.1) is 5.82 Å². The maximum Gasteiger partial charge on any atom is 0.253 e. The van der Waals surface area contributed by atoms with Gasteiger partial charge in [-0.2, -0.15) is 0 Å². The van der Waals surface area contributed by atoms with Crippen LogP contribution < -0.4 is 4.74 Å². The second-order valence-electron chi connectivity index (χ2n) is 9.17. The van der Waals surface area contributed by atoms with Gasteiger partial charge < -0.3 is 14.5 Å². The highest BCUT2D eigenvalue weighted by Crippen LogP contribution is 2.29. The minimum Gasteiger partial charge on any atom is -0.439 e. The summed E-state index contributed by atoms with van der Waals surface area (Å²) in [6, 6.07) is 19.1. The number of piperidine rings is 1. The molecule has 2 saturated heterocycles. The molecule has 2 aromatic carbocycles. The SMILES string of the molecule is O=C1CCCN1Cc1cccc(C(=O)N2CCC[C@@H](c3cccc(Oc4cccc(F)c4)n3)C2)c1. The van der Waals surface area contributed by atoms with E-state index in [1.54, 1.807) is 18.2 Å². The number of carbonyl (C=O) groups excluding carboxylic acids is 2. The third kappa shape index (κ3) is 5.50. The van der Waals surface area contributed by atoms with Crippen molar-refractivity contribution < 1.29 is 18.7 Å². The number of aromatic nitrogens is 1. The van der Waals surface area contributed by atoms with Gasteiger partial charge in [-0.1, -0.05) is 24.3 Å². The van der Waals surface area contributed by atoms with Crippen molar-refractivity contribution in [2.75, 3.05) is 19.6 Å². The Hall–Kier alpha value is -3.74. The van der Waals surface area contributed by atoms with Gasteiger partial charge in [-0.25, -0.2) is 9.37 Å². The van der Waals surface area contributed by atoms with Gasteiger partial charge in [0.25, 0.3) is 5.91 Å². The van der Waals surface area contributed by atoms with Gasteiger partial charge in [0.15, 0.2) is 0 Å². The third-order valence-corrected chi connectivity index (χ3v) is 6.61. The van der Waals surface area contributed by atoms with Crippen molar-refractivity contribution in [1.82, 2.24) is 14.8 Å². The lowest BCUT2D eigenvalue weighted by Gasteiger charge is -2.32. The van der Waals surface area contributed by atoms with Crippen molar-refractivity contribution in [2.24, 2.45) is 0 Å². The summed E-state index contributed by atoms with van der Waals surface area (Å²) in [5, 5.41) is 0. The van der Waals surface area contributed by atoms with Crippen molar-refractivity contribution in [3.8, 4) is 11.6 Å². The zero-order valence-electron chi connectivity index (χ0n) is 19.5. The number of halogens is 1. The molecule has 5 rings (SSSR count). The fraction of sp³-hybridized carbons (Fsp3) is 0.321. The Balaban J connectivity index is 1.26. The van der Waals surface area contributed by atoms with Gasteiger partial charge in [-0.05, 0) is 55.2 Å². The van der Waals surface area contributed by atoms with E-state index in [-0.39, 0.29) is 23.5 Å². The summed E-state index contributed by atoms with van der Waals surface area (Å²) in [7, 11) is 0. The van der Waals surface area contributed by atoms with E-state index in [0.29, 0.717) is 43.2 Å². The number of rotatable bonds is 6. The van der Waals surface area contributed by atoms with Crippen LogP contribution >= 0.6 is 0 Å². The Morgan fingerprint density at radius 1 is 1.03 bits per heavy atom. The molecular weight excluding hydrogens is 445 g/mol. The summed E-state index contributed by atoms with van der Waals surface area (Å²) < 4.78 is 19.2. The summed E-state index contributed by atoms with van der Waals surface area (Å²) in [6.45, 7) is 2.60. The van der Waals surface area contributed by atoms with Crippen molar-refractivity contribution in [3.63, 3.8) is 0 Å². The van der Waals surface area contributed by atoms with Crippen molar-refractivity contribution >= 4 is 11.8 Å². The second kappa shape index (κ2) is 10.3. The maximum atomic E-state index is 13.5. The summed E-state index contributed by atoms with van der Waals surface area (Å²) in [4.78, 5) is 33.7. The van der Waals surface area contributed by atoms with Gasteiger partial charge in [0.05, 0.1) is 0 Å². The van der Waals surface area contributed by atoms with Crippen molar-refractivity contribution in [3.05, 3.63) is 89.4 Å². The van der Waals surface area contributed by atoms with E-state index in [1.807, 2.05) is 46.2 Å².